The normalized spacial score (nSPS) is 18.4. The van der Waals surface area contributed by atoms with Crippen LogP contribution in [0.15, 0.2) is 42.6 Å². The molecule has 0 aliphatic carbocycles. The average molecular weight is 306 g/mol. The van der Waals surface area contributed by atoms with Gasteiger partial charge in [0.15, 0.2) is 5.65 Å². The predicted octanol–water partition coefficient (Wildman–Crippen LogP) is 3.60. The van der Waals surface area contributed by atoms with Gasteiger partial charge in [0.2, 0.25) is 0 Å². The van der Waals surface area contributed by atoms with Crippen molar-refractivity contribution in [2.24, 2.45) is 0 Å². The lowest BCUT2D eigenvalue weighted by molar-refractivity contribution is 0.389. The minimum Gasteiger partial charge on any atom is -0.307 e. The SMILES string of the molecule is Cc1ccc(Cn2c(C3CCCCN3)nc3cccnc32)cc1. The Kier molecular flexibility index (Phi) is 3.83. The van der Waals surface area contributed by atoms with Gasteiger partial charge in [-0.2, -0.15) is 0 Å². The summed E-state index contributed by atoms with van der Waals surface area (Å²) in [4.78, 5) is 9.47. The van der Waals surface area contributed by atoms with Crippen LogP contribution < -0.4 is 5.32 Å². The van der Waals surface area contributed by atoms with Gasteiger partial charge >= 0.3 is 0 Å². The van der Waals surface area contributed by atoms with Crippen LogP contribution >= 0.6 is 0 Å². The molecular weight excluding hydrogens is 284 g/mol. The molecule has 0 spiro atoms. The van der Waals surface area contributed by atoms with E-state index >= 15 is 0 Å². The van der Waals surface area contributed by atoms with Crippen molar-refractivity contribution in [3.05, 3.63) is 59.5 Å². The summed E-state index contributed by atoms with van der Waals surface area (Å²) >= 11 is 0. The summed E-state index contributed by atoms with van der Waals surface area (Å²) in [6.45, 7) is 4.02. The molecule has 118 valence electrons. The van der Waals surface area contributed by atoms with Gasteiger partial charge in [-0.25, -0.2) is 9.97 Å². The lowest BCUT2D eigenvalue weighted by atomic mass is 10.0. The highest BCUT2D eigenvalue weighted by Gasteiger charge is 2.22. The van der Waals surface area contributed by atoms with Crippen LogP contribution in [0.4, 0.5) is 0 Å². The lowest BCUT2D eigenvalue weighted by Gasteiger charge is -2.23. The Balaban J connectivity index is 1.77. The minimum atomic E-state index is 0.336. The van der Waals surface area contributed by atoms with Gasteiger partial charge in [0.1, 0.15) is 11.3 Å². The van der Waals surface area contributed by atoms with Gasteiger partial charge in [-0.3, -0.25) is 0 Å². The first-order valence-electron chi connectivity index (χ1n) is 8.41. The molecule has 1 fully saturated rings. The van der Waals surface area contributed by atoms with Gasteiger partial charge < -0.3 is 9.88 Å². The summed E-state index contributed by atoms with van der Waals surface area (Å²) < 4.78 is 2.28. The second kappa shape index (κ2) is 6.13. The Hall–Kier alpha value is -2.20. The van der Waals surface area contributed by atoms with Gasteiger partial charge in [0, 0.05) is 6.20 Å². The predicted molar refractivity (Wildman–Crippen MR) is 92.4 cm³/mol. The summed E-state index contributed by atoms with van der Waals surface area (Å²) in [6.07, 6.45) is 5.52. The molecular formula is C19H22N4. The van der Waals surface area contributed by atoms with Crippen molar-refractivity contribution in [2.75, 3.05) is 6.54 Å². The summed E-state index contributed by atoms with van der Waals surface area (Å²) in [5.74, 6) is 1.12. The second-order valence-electron chi connectivity index (χ2n) is 6.39. The summed E-state index contributed by atoms with van der Waals surface area (Å²) in [6, 6.07) is 13.1. The van der Waals surface area contributed by atoms with Gasteiger partial charge in [-0.05, 0) is 44.0 Å². The molecule has 1 aliphatic heterocycles. The Morgan fingerprint density at radius 3 is 2.83 bits per heavy atom. The smallest absolute Gasteiger partial charge is 0.160 e. The third kappa shape index (κ3) is 2.86. The van der Waals surface area contributed by atoms with Crippen LogP contribution in [0.2, 0.25) is 0 Å². The van der Waals surface area contributed by atoms with Gasteiger partial charge in [0.25, 0.3) is 0 Å². The van der Waals surface area contributed by atoms with Crippen molar-refractivity contribution in [1.82, 2.24) is 19.9 Å². The largest absolute Gasteiger partial charge is 0.307 e. The van der Waals surface area contributed by atoms with Crippen LogP contribution in [0.3, 0.4) is 0 Å². The van der Waals surface area contributed by atoms with Crippen molar-refractivity contribution in [3.8, 4) is 0 Å². The van der Waals surface area contributed by atoms with Crippen LogP contribution in [0.5, 0.6) is 0 Å². The van der Waals surface area contributed by atoms with E-state index in [2.05, 4.69) is 52.1 Å². The quantitative estimate of drug-likeness (QED) is 0.804. The van der Waals surface area contributed by atoms with E-state index in [0.29, 0.717) is 6.04 Å². The molecule has 1 atom stereocenters. The molecule has 4 nitrogen and oxygen atoms in total. The average Bonchev–Trinajstić information content (AvgIpc) is 2.96. The number of nitrogens with zero attached hydrogens (tertiary/aromatic N) is 3. The molecule has 3 heterocycles. The maximum atomic E-state index is 4.89. The number of benzene rings is 1. The number of pyridine rings is 1. The molecule has 4 heteroatoms. The van der Waals surface area contributed by atoms with Crippen LogP contribution in [0.25, 0.3) is 11.2 Å². The molecule has 1 saturated heterocycles. The fraction of sp³-hybridized carbons (Fsp3) is 0.368. The summed E-state index contributed by atoms with van der Waals surface area (Å²) in [5, 5.41) is 3.62. The molecule has 0 radical (unpaired) electrons. The topological polar surface area (TPSA) is 42.7 Å². The van der Waals surface area contributed by atoms with Crippen LogP contribution in [0.1, 0.15) is 42.3 Å². The number of aromatic nitrogens is 3. The van der Waals surface area contributed by atoms with Crippen molar-refractivity contribution in [1.29, 1.82) is 0 Å². The third-order valence-electron chi connectivity index (χ3n) is 4.62. The molecule has 1 aromatic carbocycles. The van der Waals surface area contributed by atoms with Crippen molar-refractivity contribution in [2.45, 2.75) is 38.8 Å². The maximum Gasteiger partial charge on any atom is 0.160 e. The molecule has 0 bridgehead atoms. The van der Waals surface area contributed by atoms with E-state index in [1.165, 1.54) is 24.0 Å². The highest BCUT2D eigenvalue weighted by molar-refractivity contribution is 5.71. The Morgan fingerprint density at radius 1 is 1.17 bits per heavy atom. The van der Waals surface area contributed by atoms with Gasteiger partial charge in [0.05, 0.1) is 12.6 Å². The van der Waals surface area contributed by atoms with Crippen LogP contribution in [0, 0.1) is 6.92 Å². The summed E-state index contributed by atoms with van der Waals surface area (Å²) in [7, 11) is 0. The lowest BCUT2D eigenvalue weighted by Crippen LogP contribution is -2.29. The first kappa shape index (κ1) is 14.4. The van der Waals surface area contributed by atoms with Crippen molar-refractivity contribution in [3.63, 3.8) is 0 Å². The monoisotopic (exact) mass is 306 g/mol. The molecule has 2 aromatic heterocycles. The van der Waals surface area contributed by atoms with E-state index in [1.807, 2.05) is 12.3 Å². The number of piperidine rings is 1. The van der Waals surface area contributed by atoms with E-state index in [0.717, 1.165) is 36.5 Å². The van der Waals surface area contributed by atoms with Crippen molar-refractivity contribution >= 4 is 11.2 Å². The molecule has 0 amide bonds. The minimum absolute atomic E-state index is 0.336. The first-order valence-corrected chi connectivity index (χ1v) is 8.41. The number of hydrogen-bond donors (Lipinski definition) is 1. The van der Waals surface area contributed by atoms with E-state index in [4.69, 9.17) is 4.98 Å². The molecule has 4 rings (SSSR count). The fourth-order valence-electron chi connectivity index (χ4n) is 3.35. The summed E-state index contributed by atoms with van der Waals surface area (Å²) in [5.41, 5.74) is 4.55. The van der Waals surface area contributed by atoms with Crippen LogP contribution in [-0.4, -0.2) is 21.1 Å². The Labute approximate surface area is 136 Å². The maximum absolute atomic E-state index is 4.89. The first-order chi connectivity index (χ1) is 11.3. The number of hydrogen-bond acceptors (Lipinski definition) is 3. The highest BCUT2D eigenvalue weighted by Crippen LogP contribution is 2.26. The molecule has 0 saturated carbocycles. The van der Waals surface area contributed by atoms with Crippen LogP contribution in [-0.2, 0) is 6.54 Å². The van der Waals surface area contributed by atoms with Gasteiger partial charge in [-0.1, -0.05) is 36.2 Å². The Bertz CT molecular complexity index is 798. The molecule has 3 aromatic rings. The number of nitrogens with one attached hydrogen (secondary N) is 1. The Morgan fingerprint density at radius 2 is 2.04 bits per heavy atom. The zero-order valence-corrected chi connectivity index (χ0v) is 13.5. The number of aryl methyl sites for hydroxylation is 1. The third-order valence-corrected chi connectivity index (χ3v) is 4.62. The highest BCUT2D eigenvalue weighted by atomic mass is 15.2. The molecule has 1 aliphatic rings. The van der Waals surface area contributed by atoms with E-state index < -0.39 is 0 Å². The van der Waals surface area contributed by atoms with E-state index in [-0.39, 0.29) is 0 Å². The zero-order chi connectivity index (χ0) is 15.6. The number of imidazole rings is 1. The number of fused-ring (bicyclic) bond motifs is 1. The van der Waals surface area contributed by atoms with E-state index in [9.17, 15) is 0 Å². The molecule has 1 unspecified atom stereocenters. The van der Waals surface area contributed by atoms with Crippen molar-refractivity contribution < 1.29 is 0 Å². The zero-order valence-electron chi connectivity index (χ0n) is 13.5. The fourth-order valence-corrected chi connectivity index (χ4v) is 3.35. The second-order valence-corrected chi connectivity index (χ2v) is 6.39. The number of rotatable bonds is 3. The molecule has 1 N–H and O–H groups in total. The standard InChI is InChI=1S/C19H22N4/c1-14-7-9-15(10-8-14)13-23-18-17(6-4-12-21-18)22-19(23)16-5-2-3-11-20-16/h4,6-10,12,16,20H,2-3,5,11,13H2,1H3. The molecule has 23 heavy (non-hydrogen) atoms. The van der Waals surface area contributed by atoms with E-state index in [1.54, 1.807) is 0 Å². The van der Waals surface area contributed by atoms with Gasteiger partial charge in [-0.15, -0.1) is 0 Å².